The van der Waals surface area contributed by atoms with Crippen molar-refractivity contribution in [3.8, 4) is 0 Å². The fraction of sp³-hybridized carbons (Fsp3) is 0.625. The van der Waals surface area contributed by atoms with Crippen molar-refractivity contribution in [2.45, 2.75) is 46.3 Å². The third-order valence-electron chi connectivity index (χ3n) is 3.98. The van der Waals surface area contributed by atoms with Crippen LogP contribution in [0.4, 0.5) is 0 Å². The Labute approximate surface area is 125 Å². The van der Waals surface area contributed by atoms with E-state index < -0.39 is 0 Å². The molecule has 0 amide bonds. The molecule has 0 aromatic heterocycles. The first-order chi connectivity index (χ1) is 9.10. The molecule has 2 atom stereocenters. The van der Waals surface area contributed by atoms with Crippen LogP contribution in [0.5, 0.6) is 0 Å². The van der Waals surface area contributed by atoms with Gasteiger partial charge in [0.25, 0.3) is 0 Å². The topological polar surface area (TPSA) is 15.3 Å². The van der Waals surface area contributed by atoms with Gasteiger partial charge in [0.1, 0.15) is 0 Å². The zero-order valence-corrected chi connectivity index (χ0v) is 13.8. The Bertz CT molecular complexity index is 419. The summed E-state index contributed by atoms with van der Waals surface area (Å²) in [6, 6.07) is 7.48. The summed E-state index contributed by atoms with van der Waals surface area (Å²) in [6.45, 7) is 11.1. The molecule has 0 radical (unpaired) electrons. The molecular weight excluding hydrogens is 300 g/mol. The lowest BCUT2D eigenvalue weighted by Crippen LogP contribution is -2.26. The van der Waals surface area contributed by atoms with Gasteiger partial charge in [0.05, 0.1) is 0 Å². The van der Waals surface area contributed by atoms with Crippen LogP contribution >= 0.6 is 15.9 Å². The highest BCUT2D eigenvalue weighted by Gasteiger charge is 2.26. The highest BCUT2D eigenvalue weighted by Crippen LogP contribution is 2.27. The zero-order valence-electron chi connectivity index (χ0n) is 12.2. The molecule has 0 aliphatic carbocycles. The van der Waals surface area contributed by atoms with Gasteiger partial charge in [0.15, 0.2) is 0 Å². The lowest BCUT2D eigenvalue weighted by Gasteiger charge is -2.22. The van der Waals surface area contributed by atoms with Crippen LogP contribution in [0.15, 0.2) is 22.7 Å². The van der Waals surface area contributed by atoms with Crippen LogP contribution in [0.3, 0.4) is 0 Å². The second kappa shape index (κ2) is 6.87. The smallest absolute Gasteiger partial charge is 0.0247 e. The summed E-state index contributed by atoms with van der Waals surface area (Å²) in [7, 11) is 0. The number of benzene rings is 1. The molecule has 0 bridgehead atoms. The summed E-state index contributed by atoms with van der Waals surface area (Å²) in [4.78, 5) is 2.59. The van der Waals surface area contributed by atoms with Crippen LogP contribution in [-0.4, -0.2) is 24.0 Å². The maximum Gasteiger partial charge on any atom is 0.0247 e. The molecule has 1 aromatic rings. The van der Waals surface area contributed by atoms with Crippen LogP contribution in [0.25, 0.3) is 0 Å². The molecule has 1 heterocycles. The fourth-order valence-electron chi connectivity index (χ4n) is 2.92. The molecule has 1 aromatic carbocycles. The number of nitrogens with zero attached hydrogens (tertiary/aromatic N) is 1. The summed E-state index contributed by atoms with van der Waals surface area (Å²) in [6.07, 6.45) is 1.33. The largest absolute Gasteiger partial charge is 0.313 e. The van der Waals surface area contributed by atoms with Gasteiger partial charge in [-0.3, -0.25) is 4.90 Å². The second-order valence-electron chi connectivity index (χ2n) is 5.83. The van der Waals surface area contributed by atoms with Gasteiger partial charge < -0.3 is 5.32 Å². The van der Waals surface area contributed by atoms with E-state index >= 15 is 0 Å². The molecule has 1 saturated heterocycles. The molecule has 0 saturated carbocycles. The van der Waals surface area contributed by atoms with Gasteiger partial charge in [-0.25, -0.2) is 0 Å². The number of rotatable bonds is 5. The van der Waals surface area contributed by atoms with Crippen molar-refractivity contribution >= 4 is 15.9 Å². The normalized spacial score (nSPS) is 24.0. The summed E-state index contributed by atoms with van der Waals surface area (Å²) in [5.41, 5.74) is 2.75. The van der Waals surface area contributed by atoms with Gasteiger partial charge in [0.2, 0.25) is 0 Å². The predicted molar refractivity (Wildman–Crippen MR) is 85.2 cm³/mol. The molecule has 1 aliphatic heterocycles. The molecule has 0 spiro atoms. The summed E-state index contributed by atoms with van der Waals surface area (Å²) in [5, 5.41) is 3.37. The standard InChI is InChI=1S/C16H25BrN2/c1-4-18-9-14-5-6-15(16(17)8-14)11-19-10-12(2)7-13(19)3/h5-6,8,12-13,18H,4,7,9-11H2,1-3H3. The third kappa shape index (κ3) is 4.04. The number of nitrogens with one attached hydrogen (secondary N) is 1. The molecule has 2 unspecified atom stereocenters. The molecule has 19 heavy (non-hydrogen) atoms. The number of hydrogen-bond donors (Lipinski definition) is 1. The van der Waals surface area contributed by atoms with Crippen LogP contribution in [0.1, 0.15) is 38.3 Å². The number of hydrogen-bond acceptors (Lipinski definition) is 2. The van der Waals surface area contributed by atoms with Crippen molar-refractivity contribution in [1.29, 1.82) is 0 Å². The van der Waals surface area contributed by atoms with Crippen LogP contribution < -0.4 is 5.32 Å². The third-order valence-corrected chi connectivity index (χ3v) is 4.72. The molecule has 3 heteroatoms. The van der Waals surface area contributed by atoms with E-state index in [1.165, 1.54) is 28.6 Å². The van der Waals surface area contributed by atoms with Crippen LogP contribution in [-0.2, 0) is 13.1 Å². The van der Waals surface area contributed by atoms with Crippen molar-refractivity contribution in [1.82, 2.24) is 10.2 Å². The van der Waals surface area contributed by atoms with Gasteiger partial charge >= 0.3 is 0 Å². The monoisotopic (exact) mass is 324 g/mol. The Kier molecular flexibility index (Phi) is 5.43. The number of likely N-dealkylation sites (tertiary alicyclic amines) is 1. The van der Waals surface area contributed by atoms with E-state index in [0.717, 1.165) is 25.6 Å². The van der Waals surface area contributed by atoms with E-state index in [2.05, 4.69) is 65.1 Å². The average molecular weight is 325 g/mol. The minimum absolute atomic E-state index is 0.711. The van der Waals surface area contributed by atoms with Gasteiger partial charge in [-0.1, -0.05) is 41.9 Å². The van der Waals surface area contributed by atoms with Crippen molar-refractivity contribution in [3.05, 3.63) is 33.8 Å². The van der Waals surface area contributed by atoms with E-state index in [-0.39, 0.29) is 0 Å². The predicted octanol–water partition coefficient (Wildman–Crippen LogP) is 3.79. The Hall–Kier alpha value is -0.380. The van der Waals surface area contributed by atoms with E-state index in [4.69, 9.17) is 0 Å². The average Bonchev–Trinajstić information content (AvgIpc) is 2.68. The SMILES string of the molecule is CCNCc1ccc(CN2CC(C)CC2C)c(Br)c1. The van der Waals surface area contributed by atoms with Gasteiger partial charge in [-0.15, -0.1) is 0 Å². The van der Waals surface area contributed by atoms with E-state index in [9.17, 15) is 0 Å². The van der Waals surface area contributed by atoms with E-state index in [0.29, 0.717) is 6.04 Å². The van der Waals surface area contributed by atoms with Gasteiger partial charge in [0, 0.05) is 30.1 Å². The molecule has 1 fully saturated rings. The number of halogens is 1. The molecule has 2 rings (SSSR count). The summed E-state index contributed by atoms with van der Waals surface area (Å²) in [5.74, 6) is 0.835. The highest BCUT2D eigenvalue weighted by molar-refractivity contribution is 9.10. The minimum atomic E-state index is 0.711. The molecule has 106 valence electrons. The quantitative estimate of drug-likeness (QED) is 0.886. The Morgan fingerprint density at radius 2 is 2.16 bits per heavy atom. The van der Waals surface area contributed by atoms with Crippen LogP contribution in [0.2, 0.25) is 0 Å². The van der Waals surface area contributed by atoms with Crippen molar-refractivity contribution in [3.63, 3.8) is 0 Å². The lowest BCUT2D eigenvalue weighted by molar-refractivity contribution is 0.256. The highest BCUT2D eigenvalue weighted by atomic mass is 79.9. The van der Waals surface area contributed by atoms with E-state index in [1.807, 2.05) is 0 Å². The second-order valence-corrected chi connectivity index (χ2v) is 6.68. The van der Waals surface area contributed by atoms with Crippen molar-refractivity contribution in [2.75, 3.05) is 13.1 Å². The molecule has 2 nitrogen and oxygen atoms in total. The first kappa shape index (κ1) is 15.0. The first-order valence-electron chi connectivity index (χ1n) is 7.32. The zero-order chi connectivity index (χ0) is 13.8. The summed E-state index contributed by atoms with van der Waals surface area (Å²) >= 11 is 3.73. The Morgan fingerprint density at radius 1 is 1.37 bits per heavy atom. The lowest BCUT2D eigenvalue weighted by atomic mass is 10.1. The first-order valence-corrected chi connectivity index (χ1v) is 8.11. The van der Waals surface area contributed by atoms with Gasteiger partial charge in [-0.05, 0) is 43.0 Å². The minimum Gasteiger partial charge on any atom is -0.313 e. The van der Waals surface area contributed by atoms with Gasteiger partial charge in [-0.2, -0.15) is 0 Å². The van der Waals surface area contributed by atoms with Crippen LogP contribution in [0, 0.1) is 5.92 Å². The van der Waals surface area contributed by atoms with E-state index in [1.54, 1.807) is 0 Å². The maximum absolute atomic E-state index is 3.73. The van der Waals surface area contributed by atoms with Crippen molar-refractivity contribution < 1.29 is 0 Å². The Morgan fingerprint density at radius 3 is 2.74 bits per heavy atom. The van der Waals surface area contributed by atoms with Crippen molar-refractivity contribution in [2.24, 2.45) is 5.92 Å². The Balaban J connectivity index is 2.01. The molecule has 1 aliphatic rings. The molecule has 1 N–H and O–H groups in total. The summed E-state index contributed by atoms with van der Waals surface area (Å²) < 4.78 is 1.25. The maximum atomic E-state index is 3.73. The molecular formula is C16H25BrN2. The fourth-order valence-corrected chi connectivity index (χ4v) is 3.48.